The number of fused-ring (bicyclic) bond motifs is 1. The van der Waals surface area contributed by atoms with Crippen molar-refractivity contribution in [1.29, 1.82) is 0 Å². The second-order valence-electron chi connectivity index (χ2n) is 6.32. The average Bonchev–Trinajstić information content (AvgIpc) is 2.67. The van der Waals surface area contributed by atoms with Gasteiger partial charge in [-0.2, -0.15) is 0 Å². The van der Waals surface area contributed by atoms with Crippen LogP contribution in [0.1, 0.15) is 20.3 Å². The number of hydrogen-bond donors (Lipinski definition) is 1. The Morgan fingerprint density at radius 1 is 1.12 bits per heavy atom. The van der Waals surface area contributed by atoms with Gasteiger partial charge in [-0.3, -0.25) is 4.98 Å². The van der Waals surface area contributed by atoms with E-state index >= 15 is 0 Å². The highest BCUT2D eigenvalue weighted by Gasteiger charge is 2.10. The highest BCUT2D eigenvalue weighted by molar-refractivity contribution is 5.90. The minimum atomic E-state index is 0.579. The molecule has 25 heavy (non-hydrogen) atoms. The number of pyridine rings is 1. The Labute approximate surface area is 149 Å². The molecule has 2 heterocycles. The first-order valence-corrected chi connectivity index (χ1v) is 8.80. The van der Waals surface area contributed by atoms with E-state index in [1.807, 2.05) is 30.3 Å². The molecule has 0 radical (unpaired) electrons. The van der Waals surface area contributed by atoms with Crippen LogP contribution in [0.3, 0.4) is 0 Å². The van der Waals surface area contributed by atoms with E-state index in [9.17, 15) is 0 Å². The first-order chi connectivity index (χ1) is 12.2. The fourth-order valence-electron chi connectivity index (χ4n) is 2.72. The zero-order chi connectivity index (χ0) is 17.6. The van der Waals surface area contributed by atoms with E-state index in [1.54, 1.807) is 12.4 Å². The van der Waals surface area contributed by atoms with Crippen molar-refractivity contribution in [2.75, 3.05) is 25.5 Å². The molecule has 0 spiro atoms. The molecule has 0 aliphatic carbocycles. The molecule has 0 saturated carbocycles. The Kier molecular flexibility index (Phi) is 5.56. The molecule has 0 fully saturated rings. The fraction of sp³-hybridized carbons (Fsp3) is 0.350. The lowest BCUT2D eigenvalue weighted by molar-refractivity contribution is 0.261. The standard InChI is InChI=1S/C20H25N5/c1-4-15(2)25(3)13-12-22-20-17-9-5-6-10-18(17)23-19(24-20)16-8-7-11-21-14-16/h5-11,14-15H,4,12-13H2,1-3H3,(H,22,23,24). The van der Waals surface area contributed by atoms with Crippen LogP contribution in [0.15, 0.2) is 48.8 Å². The second-order valence-corrected chi connectivity index (χ2v) is 6.32. The predicted octanol–water partition coefficient (Wildman–Crippen LogP) is 3.83. The Morgan fingerprint density at radius 3 is 2.72 bits per heavy atom. The van der Waals surface area contributed by atoms with Gasteiger partial charge in [0.2, 0.25) is 0 Å². The second kappa shape index (κ2) is 8.03. The molecule has 1 aromatic carbocycles. The normalized spacial score (nSPS) is 12.5. The topological polar surface area (TPSA) is 53.9 Å². The van der Waals surface area contributed by atoms with Crippen molar-refractivity contribution in [2.24, 2.45) is 0 Å². The van der Waals surface area contributed by atoms with E-state index in [0.717, 1.165) is 41.8 Å². The summed E-state index contributed by atoms with van der Waals surface area (Å²) in [5.41, 5.74) is 1.86. The van der Waals surface area contributed by atoms with Crippen molar-refractivity contribution in [1.82, 2.24) is 19.9 Å². The smallest absolute Gasteiger partial charge is 0.163 e. The first-order valence-electron chi connectivity index (χ1n) is 8.80. The maximum atomic E-state index is 4.75. The highest BCUT2D eigenvalue weighted by Crippen LogP contribution is 2.24. The Bertz CT molecular complexity index is 819. The summed E-state index contributed by atoms with van der Waals surface area (Å²) in [5, 5.41) is 4.54. The van der Waals surface area contributed by atoms with Gasteiger partial charge in [0, 0.05) is 42.5 Å². The van der Waals surface area contributed by atoms with E-state index in [1.165, 1.54) is 0 Å². The van der Waals surface area contributed by atoms with Crippen LogP contribution in [0.2, 0.25) is 0 Å². The third kappa shape index (κ3) is 4.12. The number of rotatable bonds is 7. The molecule has 0 bridgehead atoms. The van der Waals surface area contributed by atoms with Crippen LogP contribution in [0, 0.1) is 0 Å². The largest absolute Gasteiger partial charge is 0.368 e. The van der Waals surface area contributed by atoms with Crippen molar-refractivity contribution in [3.8, 4) is 11.4 Å². The van der Waals surface area contributed by atoms with Gasteiger partial charge in [-0.15, -0.1) is 0 Å². The summed E-state index contributed by atoms with van der Waals surface area (Å²) in [4.78, 5) is 16.0. The molecule has 3 aromatic rings. The fourth-order valence-corrected chi connectivity index (χ4v) is 2.72. The van der Waals surface area contributed by atoms with Crippen molar-refractivity contribution < 1.29 is 0 Å². The molecule has 2 aromatic heterocycles. The summed E-state index contributed by atoms with van der Waals surface area (Å²) in [6.45, 7) is 6.27. The van der Waals surface area contributed by atoms with E-state index < -0.39 is 0 Å². The summed E-state index contributed by atoms with van der Waals surface area (Å²) in [7, 11) is 2.16. The zero-order valence-electron chi connectivity index (χ0n) is 15.1. The lowest BCUT2D eigenvalue weighted by Gasteiger charge is -2.23. The quantitative estimate of drug-likeness (QED) is 0.711. The first kappa shape index (κ1) is 17.3. The Hall–Kier alpha value is -2.53. The molecule has 0 aliphatic rings. The van der Waals surface area contributed by atoms with E-state index in [0.29, 0.717) is 11.9 Å². The summed E-state index contributed by atoms with van der Waals surface area (Å²) in [6.07, 6.45) is 4.71. The maximum absolute atomic E-state index is 4.75. The highest BCUT2D eigenvalue weighted by atomic mass is 15.1. The van der Waals surface area contributed by atoms with Gasteiger partial charge in [-0.25, -0.2) is 9.97 Å². The van der Waals surface area contributed by atoms with Gasteiger partial charge in [0.25, 0.3) is 0 Å². The number of nitrogens with zero attached hydrogens (tertiary/aromatic N) is 4. The van der Waals surface area contributed by atoms with Gasteiger partial charge in [-0.05, 0) is 44.7 Å². The minimum absolute atomic E-state index is 0.579. The average molecular weight is 335 g/mol. The van der Waals surface area contributed by atoms with Crippen molar-refractivity contribution in [2.45, 2.75) is 26.3 Å². The molecule has 130 valence electrons. The summed E-state index contributed by atoms with van der Waals surface area (Å²) in [5.74, 6) is 1.58. The van der Waals surface area contributed by atoms with Gasteiger partial charge in [0.1, 0.15) is 5.82 Å². The summed E-state index contributed by atoms with van der Waals surface area (Å²) >= 11 is 0. The van der Waals surface area contributed by atoms with Gasteiger partial charge >= 0.3 is 0 Å². The van der Waals surface area contributed by atoms with Crippen molar-refractivity contribution >= 4 is 16.7 Å². The van der Waals surface area contributed by atoms with Crippen molar-refractivity contribution in [3.05, 3.63) is 48.8 Å². The molecule has 1 atom stereocenters. The van der Waals surface area contributed by atoms with E-state index in [2.05, 4.69) is 47.1 Å². The maximum Gasteiger partial charge on any atom is 0.163 e. The third-order valence-electron chi connectivity index (χ3n) is 4.62. The molecule has 5 nitrogen and oxygen atoms in total. The third-order valence-corrected chi connectivity index (χ3v) is 4.62. The molecule has 0 aliphatic heterocycles. The van der Waals surface area contributed by atoms with Crippen LogP contribution in [0.5, 0.6) is 0 Å². The summed E-state index contributed by atoms with van der Waals surface area (Å²) in [6, 6.07) is 12.6. The van der Waals surface area contributed by atoms with E-state index in [-0.39, 0.29) is 0 Å². The molecular weight excluding hydrogens is 310 g/mol. The van der Waals surface area contributed by atoms with Gasteiger partial charge in [0.15, 0.2) is 5.82 Å². The SMILES string of the molecule is CCC(C)N(C)CCNc1nc(-c2cccnc2)nc2ccccc12. The number of nitrogens with one attached hydrogen (secondary N) is 1. The molecule has 1 N–H and O–H groups in total. The predicted molar refractivity (Wildman–Crippen MR) is 104 cm³/mol. The molecule has 0 amide bonds. The summed E-state index contributed by atoms with van der Waals surface area (Å²) < 4.78 is 0. The number of hydrogen-bond acceptors (Lipinski definition) is 5. The van der Waals surface area contributed by atoms with Gasteiger partial charge in [0.05, 0.1) is 5.52 Å². The Morgan fingerprint density at radius 2 is 1.96 bits per heavy atom. The van der Waals surface area contributed by atoms with Crippen molar-refractivity contribution in [3.63, 3.8) is 0 Å². The van der Waals surface area contributed by atoms with Crippen LogP contribution < -0.4 is 5.32 Å². The zero-order valence-corrected chi connectivity index (χ0v) is 15.1. The van der Waals surface area contributed by atoms with Crippen LogP contribution >= 0.6 is 0 Å². The van der Waals surface area contributed by atoms with Crippen LogP contribution in [-0.2, 0) is 0 Å². The lowest BCUT2D eigenvalue weighted by Crippen LogP contribution is -2.32. The number of anilines is 1. The van der Waals surface area contributed by atoms with Crippen LogP contribution in [-0.4, -0.2) is 46.0 Å². The Balaban J connectivity index is 1.86. The van der Waals surface area contributed by atoms with Crippen LogP contribution in [0.25, 0.3) is 22.3 Å². The van der Waals surface area contributed by atoms with Gasteiger partial charge < -0.3 is 10.2 Å². The molecule has 1 unspecified atom stereocenters. The van der Waals surface area contributed by atoms with E-state index in [4.69, 9.17) is 4.98 Å². The number of para-hydroxylation sites is 1. The van der Waals surface area contributed by atoms with Crippen LogP contribution in [0.4, 0.5) is 5.82 Å². The minimum Gasteiger partial charge on any atom is -0.368 e. The molecule has 3 rings (SSSR count). The lowest BCUT2D eigenvalue weighted by atomic mass is 10.2. The molecular formula is C20H25N5. The monoisotopic (exact) mass is 335 g/mol. The number of benzene rings is 1. The molecule has 5 heteroatoms. The number of aromatic nitrogens is 3. The van der Waals surface area contributed by atoms with Gasteiger partial charge in [-0.1, -0.05) is 19.1 Å². The molecule has 0 saturated heterocycles. The number of likely N-dealkylation sites (N-methyl/N-ethyl adjacent to an activating group) is 1.